The van der Waals surface area contributed by atoms with Crippen LogP contribution in [0.15, 0.2) is 24.3 Å². The maximum atomic E-state index is 10.6. The third-order valence-corrected chi connectivity index (χ3v) is 2.46. The zero-order valence-corrected chi connectivity index (χ0v) is 11.4. The molecule has 0 fully saturated rings. The number of carboxylic acid groups (broad SMARTS) is 1. The molecule has 0 aliphatic rings. The van der Waals surface area contributed by atoms with E-state index in [4.69, 9.17) is 14.6 Å². The van der Waals surface area contributed by atoms with Gasteiger partial charge in [0, 0.05) is 11.6 Å². The third kappa shape index (κ3) is 5.04. The molecular formula is C15H20O4. The minimum absolute atomic E-state index is 0.538. The Labute approximate surface area is 113 Å². The van der Waals surface area contributed by atoms with Crippen LogP contribution in [0.25, 0.3) is 6.08 Å². The molecule has 0 radical (unpaired) electrons. The fourth-order valence-electron chi connectivity index (χ4n) is 1.57. The van der Waals surface area contributed by atoms with Crippen molar-refractivity contribution < 1.29 is 19.4 Å². The number of hydrogen-bond donors (Lipinski definition) is 1. The lowest BCUT2D eigenvalue weighted by molar-refractivity contribution is -0.131. The van der Waals surface area contributed by atoms with Crippen LogP contribution >= 0.6 is 0 Å². The van der Waals surface area contributed by atoms with Gasteiger partial charge in [0.25, 0.3) is 0 Å². The molecule has 0 saturated carbocycles. The van der Waals surface area contributed by atoms with Gasteiger partial charge in [-0.05, 0) is 25.5 Å². The third-order valence-electron chi connectivity index (χ3n) is 2.46. The number of benzene rings is 1. The van der Waals surface area contributed by atoms with E-state index in [0.717, 1.165) is 18.9 Å². The minimum Gasteiger partial charge on any atom is -0.490 e. The number of aliphatic carboxylic acids is 1. The lowest BCUT2D eigenvalue weighted by Crippen LogP contribution is -2.02. The van der Waals surface area contributed by atoms with Crippen molar-refractivity contribution in [1.82, 2.24) is 0 Å². The van der Waals surface area contributed by atoms with Crippen molar-refractivity contribution in [1.29, 1.82) is 0 Å². The van der Waals surface area contributed by atoms with Crippen molar-refractivity contribution in [3.8, 4) is 11.5 Å². The van der Waals surface area contributed by atoms with Crippen LogP contribution in [0.4, 0.5) is 0 Å². The average molecular weight is 264 g/mol. The largest absolute Gasteiger partial charge is 0.490 e. The Morgan fingerprint density at radius 1 is 1.32 bits per heavy atom. The van der Waals surface area contributed by atoms with Gasteiger partial charge in [0.2, 0.25) is 0 Å². The summed E-state index contributed by atoms with van der Waals surface area (Å²) in [6.45, 7) is 5.11. The van der Waals surface area contributed by atoms with Crippen LogP contribution in [0.3, 0.4) is 0 Å². The molecule has 104 valence electrons. The zero-order chi connectivity index (χ0) is 14.1. The Morgan fingerprint density at radius 3 is 2.74 bits per heavy atom. The number of hydrogen-bond acceptors (Lipinski definition) is 3. The number of rotatable bonds is 8. The van der Waals surface area contributed by atoms with Gasteiger partial charge in [-0.25, -0.2) is 4.79 Å². The number of para-hydroxylation sites is 1. The molecule has 0 aliphatic carbocycles. The highest BCUT2D eigenvalue weighted by atomic mass is 16.5. The van der Waals surface area contributed by atoms with Gasteiger partial charge in [0.15, 0.2) is 11.5 Å². The molecule has 0 unspecified atom stereocenters. The highest BCUT2D eigenvalue weighted by molar-refractivity contribution is 5.86. The fourth-order valence-corrected chi connectivity index (χ4v) is 1.57. The number of ether oxygens (including phenoxy) is 2. The first-order valence-corrected chi connectivity index (χ1v) is 6.48. The maximum absolute atomic E-state index is 10.6. The highest BCUT2D eigenvalue weighted by Gasteiger charge is 2.09. The first kappa shape index (κ1) is 15.1. The van der Waals surface area contributed by atoms with E-state index in [0.29, 0.717) is 30.3 Å². The van der Waals surface area contributed by atoms with Crippen LogP contribution in [-0.4, -0.2) is 24.3 Å². The molecule has 0 spiro atoms. The fraction of sp³-hybridized carbons (Fsp3) is 0.400. The van der Waals surface area contributed by atoms with Gasteiger partial charge in [0.1, 0.15) is 0 Å². The molecule has 0 aromatic heterocycles. The Bertz CT molecular complexity index is 438. The predicted molar refractivity (Wildman–Crippen MR) is 74.7 cm³/mol. The summed E-state index contributed by atoms with van der Waals surface area (Å²) in [5.41, 5.74) is 0.712. The molecule has 1 aromatic carbocycles. The standard InChI is InChI=1S/C15H20O4/c1-3-5-11-19-15-12(9-10-14(16)17)7-6-8-13(15)18-4-2/h6-10H,3-5,11H2,1-2H3,(H,16,17)/b10-9+. The second-order valence-corrected chi connectivity index (χ2v) is 3.98. The Balaban J connectivity index is 2.99. The summed E-state index contributed by atoms with van der Waals surface area (Å²) in [7, 11) is 0. The van der Waals surface area contributed by atoms with Crippen LogP contribution in [0.2, 0.25) is 0 Å². The van der Waals surface area contributed by atoms with Gasteiger partial charge in [-0.15, -0.1) is 0 Å². The molecule has 4 nitrogen and oxygen atoms in total. The van der Waals surface area contributed by atoms with Crippen molar-refractivity contribution in [3.05, 3.63) is 29.8 Å². The lowest BCUT2D eigenvalue weighted by Gasteiger charge is -2.14. The SMILES string of the molecule is CCCCOc1c(/C=C/C(=O)O)cccc1OCC. The van der Waals surface area contributed by atoms with Crippen LogP contribution in [0.5, 0.6) is 11.5 Å². The molecule has 0 atom stereocenters. The summed E-state index contributed by atoms with van der Waals surface area (Å²) in [6.07, 6.45) is 4.60. The molecule has 1 N–H and O–H groups in total. The summed E-state index contributed by atoms with van der Waals surface area (Å²) in [4.78, 5) is 10.6. The van der Waals surface area contributed by atoms with Gasteiger partial charge < -0.3 is 14.6 Å². The van der Waals surface area contributed by atoms with Gasteiger partial charge in [-0.1, -0.05) is 25.5 Å². The summed E-state index contributed by atoms with van der Waals surface area (Å²) >= 11 is 0. The molecule has 0 amide bonds. The van der Waals surface area contributed by atoms with Crippen LogP contribution < -0.4 is 9.47 Å². The predicted octanol–water partition coefficient (Wildman–Crippen LogP) is 3.36. The molecule has 0 heterocycles. The smallest absolute Gasteiger partial charge is 0.328 e. The molecule has 1 aromatic rings. The van der Waals surface area contributed by atoms with E-state index in [1.165, 1.54) is 6.08 Å². The summed E-state index contributed by atoms with van der Waals surface area (Å²) in [5.74, 6) is 0.266. The van der Waals surface area contributed by atoms with E-state index in [2.05, 4.69) is 6.92 Å². The van der Waals surface area contributed by atoms with Gasteiger partial charge >= 0.3 is 5.97 Å². The monoisotopic (exact) mass is 264 g/mol. The normalized spacial score (nSPS) is 10.6. The topological polar surface area (TPSA) is 55.8 Å². The van der Waals surface area contributed by atoms with E-state index in [-0.39, 0.29) is 0 Å². The van der Waals surface area contributed by atoms with Gasteiger partial charge in [-0.3, -0.25) is 0 Å². The molecule has 0 bridgehead atoms. The average Bonchev–Trinajstić information content (AvgIpc) is 2.39. The summed E-state index contributed by atoms with van der Waals surface area (Å²) in [6, 6.07) is 5.45. The number of unbranched alkanes of at least 4 members (excludes halogenated alkanes) is 1. The van der Waals surface area contributed by atoms with Crippen molar-refractivity contribution >= 4 is 12.0 Å². The van der Waals surface area contributed by atoms with Crippen molar-refractivity contribution in [2.24, 2.45) is 0 Å². The van der Waals surface area contributed by atoms with E-state index >= 15 is 0 Å². The first-order chi connectivity index (χ1) is 9.19. The van der Waals surface area contributed by atoms with E-state index in [1.807, 2.05) is 25.1 Å². The summed E-state index contributed by atoms with van der Waals surface area (Å²) in [5, 5.41) is 8.69. The Kier molecular flexibility index (Phi) is 6.50. The van der Waals surface area contributed by atoms with E-state index < -0.39 is 5.97 Å². The zero-order valence-electron chi connectivity index (χ0n) is 11.4. The minimum atomic E-state index is -0.985. The summed E-state index contributed by atoms with van der Waals surface area (Å²) < 4.78 is 11.2. The second kappa shape index (κ2) is 8.19. The van der Waals surface area contributed by atoms with Crippen LogP contribution in [0, 0.1) is 0 Å². The maximum Gasteiger partial charge on any atom is 0.328 e. The van der Waals surface area contributed by atoms with Crippen molar-refractivity contribution in [2.75, 3.05) is 13.2 Å². The molecule has 0 aliphatic heterocycles. The van der Waals surface area contributed by atoms with E-state index in [1.54, 1.807) is 0 Å². The Morgan fingerprint density at radius 2 is 2.11 bits per heavy atom. The highest BCUT2D eigenvalue weighted by Crippen LogP contribution is 2.32. The Hall–Kier alpha value is -1.97. The second-order valence-electron chi connectivity index (χ2n) is 3.98. The number of carbonyl (C=O) groups is 1. The molecule has 0 saturated heterocycles. The van der Waals surface area contributed by atoms with Crippen molar-refractivity contribution in [3.63, 3.8) is 0 Å². The van der Waals surface area contributed by atoms with E-state index in [9.17, 15) is 4.79 Å². The quantitative estimate of drug-likeness (QED) is 0.578. The van der Waals surface area contributed by atoms with Gasteiger partial charge in [-0.2, -0.15) is 0 Å². The molecule has 1 rings (SSSR count). The van der Waals surface area contributed by atoms with Gasteiger partial charge in [0.05, 0.1) is 13.2 Å². The number of carboxylic acids is 1. The lowest BCUT2D eigenvalue weighted by atomic mass is 10.1. The van der Waals surface area contributed by atoms with Crippen LogP contribution in [0.1, 0.15) is 32.3 Å². The van der Waals surface area contributed by atoms with Crippen LogP contribution in [-0.2, 0) is 4.79 Å². The molecule has 4 heteroatoms. The molecular weight excluding hydrogens is 244 g/mol. The first-order valence-electron chi connectivity index (χ1n) is 6.48. The van der Waals surface area contributed by atoms with Crippen molar-refractivity contribution in [2.45, 2.75) is 26.7 Å². The molecule has 19 heavy (non-hydrogen) atoms.